The highest BCUT2D eigenvalue weighted by Gasteiger charge is 2.53. The highest BCUT2D eigenvalue weighted by atomic mass is 14.9. The maximum atomic E-state index is 3.78. The van der Waals surface area contributed by atoms with Crippen molar-refractivity contribution in [3.05, 3.63) is 0 Å². The summed E-state index contributed by atoms with van der Waals surface area (Å²) in [6, 6.07) is 0.874. The normalized spacial score (nSPS) is 39.2. The van der Waals surface area contributed by atoms with E-state index in [0.717, 1.165) is 29.7 Å². The third kappa shape index (κ3) is 2.30. The van der Waals surface area contributed by atoms with Gasteiger partial charge in [0.15, 0.2) is 0 Å². The van der Waals surface area contributed by atoms with Gasteiger partial charge in [-0.05, 0) is 55.9 Å². The second-order valence-electron chi connectivity index (χ2n) is 6.37. The molecule has 1 heteroatoms. The van der Waals surface area contributed by atoms with E-state index in [1.165, 1.54) is 45.1 Å². The molecule has 0 radical (unpaired) electrons. The average molecular weight is 221 g/mol. The Kier molecular flexibility index (Phi) is 3.24. The third-order valence-corrected chi connectivity index (χ3v) is 5.24. The molecule has 0 bridgehead atoms. The summed E-state index contributed by atoms with van der Waals surface area (Å²) in [5, 5.41) is 3.78. The summed E-state index contributed by atoms with van der Waals surface area (Å²) in [7, 11) is 0. The summed E-state index contributed by atoms with van der Waals surface area (Å²) < 4.78 is 0. The van der Waals surface area contributed by atoms with Crippen LogP contribution in [0.5, 0.6) is 0 Å². The van der Waals surface area contributed by atoms with E-state index in [1.807, 2.05) is 0 Å². The first-order valence-corrected chi connectivity index (χ1v) is 7.63. The zero-order valence-corrected chi connectivity index (χ0v) is 10.8. The van der Waals surface area contributed by atoms with Crippen LogP contribution in [0.3, 0.4) is 0 Å². The van der Waals surface area contributed by atoms with Crippen molar-refractivity contribution in [1.82, 2.24) is 5.32 Å². The Bertz CT molecular complexity index is 222. The minimum atomic E-state index is 0.874. The first kappa shape index (κ1) is 11.1. The number of nitrogens with one attached hydrogen (secondary N) is 1. The smallest absolute Gasteiger partial charge is 0.0101 e. The molecule has 1 nitrogen and oxygen atoms in total. The van der Waals surface area contributed by atoms with Crippen molar-refractivity contribution >= 4 is 0 Å². The quantitative estimate of drug-likeness (QED) is 0.723. The van der Waals surface area contributed by atoms with Crippen LogP contribution in [0.1, 0.15) is 58.3 Å². The van der Waals surface area contributed by atoms with Crippen molar-refractivity contribution in [1.29, 1.82) is 0 Å². The van der Waals surface area contributed by atoms with Crippen molar-refractivity contribution < 1.29 is 0 Å². The van der Waals surface area contributed by atoms with Crippen molar-refractivity contribution in [2.75, 3.05) is 6.54 Å². The van der Waals surface area contributed by atoms with Gasteiger partial charge in [0.25, 0.3) is 0 Å². The highest BCUT2D eigenvalue weighted by molar-refractivity contribution is 5.04. The van der Waals surface area contributed by atoms with Gasteiger partial charge in [-0.1, -0.05) is 32.6 Å². The van der Waals surface area contributed by atoms with Crippen LogP contribution in [0.2, 0.25) is 0 Å². The molecule has 0 amide bonds. The molecule has 3 aliphatic rings. The lowest BCUT2D eigenvalue weighted by Gasteiger charge is -2.18. The van der Waals surface area contributed by atoms with E-state index in [9.17, 15) is 0 Å². The fourth-order valence-electron chi connectivity index (χ4n) is 4.16. The van der Waals surface area contributed by atoms with Gasteiger partial charge in [-0.2, -0.15) is 0 Å². The molecule has 3 aliphatic carbocycles. The topological polar surface area (TPSA) is 12.0 Å². The van der Waals surface area contributed by atoms with Crippen molar-refractivity contribution in [3.8, 4) is 0 Å². The van der Waals surface area contributed by atoms with Gasteiger partial charge in [0, 0.05) is 6.04 Å². The lowest BCUT2D eigenvalue weighted by atomic mass is 10.0. The van der Waals surface area contributed by atoms with Gasteiger partial charge in [0.2, 0.25) is 0 Å². The van der Waals surface area contributed by atoms with Gasteiger partial charge in [-0.15, -0.1) is 0 Å². The Balaban J connectivity index is 1.51. The number of hydrogen-bond acceptors (Lipinski definition) is 1. The van der Waals surface area contributed by atoms with Gasteiger partial charge in [-0.25, -0.2) is 0 Å². The largest absolute Gasteiger partial charge is 0.314 e. The van der Waals surface area contributed by atoms with E-state index < -0.39 is 0 Å². The Morgan fingerprint density at radius 1 is 1.06 bits per heavy atom. The zero-order valence-electron chi connectivity index (χ0n) is 10.8. The molecule has 3 saturated carbocycles. The predicted molar refractivity (Wildman–Crippen MR) is 68.4 cm³/mol. The number of fused-ring (bicyclic) bond motifs is 1. The molecular formula is C15H27N. The van der Waals surface area contributed by atoms with Crippen LogP contribution >= 0.6 is 0 Å². The third-order valence-electron chi connectivity index (χ3n) is 5.24. The van der Waals surface area contributed by atoms with E-state index in [0.29, 0.717) is 0 Å². The molecule has 92 valence electrons. The van der Waals surface area contributed by atoms with E-state index in [-0.39, 0.29) is 0 Å². The van der Waals surface area contributed by atoms with Gasteiger partial charge >= 0.3 is 0 Å². The van der Waals surface area contributed by atoms with Gasteiger partial charge < -0.3 is 5.32 Å². The molecule has 3 fully saturated rings. The van der Waals surface area contributed by atoms with Gasteiger partial charge in [-0.3, -0.25) is 0 Å². The minimum Gasteiger partial charge on any atom is -0.314 e. The Morgan fingerprint density at radius 2 is 1.75 bits per heavy atom. The molecule has 0 aliphatic heterocycles. The molecule has 0 saturated heterocycles. The monoisotopic (exact) mass is 221 g/mol. The van der Waals surface area contributed by atoms with E-state index in [4.69, 9.17) is 0 Å². The van der Waals surface area contributed by atoms with Crippen LogP contribution in [-0.2, 0) is 0 Å². The minimum absolute atomic E-state index is 0.874. The Morgan fingerprint density at radius 3 is 2.31 bits per heavy atom. The van der Waals surface area contributed by atoms with E-state index >= 15 is 0 Å². The fraction of sp³-hybridized carbons (Fsp3) is 1.00. The summed E-state index contributed by atoms with van der Waals surface area (Å²) in [5.74, 6) is 4.43. The molecule has 0 aromatic rings. The molecule has 0 aromatic heterocycles. The van der Waals surface area contributed by atoms with Crippen LogP contribution in [-0.4, -0.2) is 12.6 Å². The lowest BCUT2D eigenvalue weighted by molar-refractivity contribution is 0.397. The molecule has 3 atom stereocenters. The molecule has 16 heavy (non-hydrogen) atoms. The van der Waals surface area contributed by atoms with Gasteiger partial charge in [0.05, 0.1) is 0 Å². The molecule has 0 spiro atoms. The van der Waals surface area contributed by atoms with Crippen LogP contribution in [0.4, 0.5) is 0 Å². The van der Waals surface area contributed by atoms with Crippen LogP contribution in [0.15, 0.2) is 0 Å². The van der Waals surface area contributed by atoms with Gasteiger partial charge in [0.1, 0.15) is 0 Å². The summed E-state index contributed by atoms with van der Waals surface area (Å²) >= 11 is 0. The van der Waals surface area contributed by atoms with Crippen LogP contribution in [0, 0.1) is 23.7 Å². The van der Waals surface area contributed by atoms with Crippen LogP contribution < -0.4 is 5.32 Å². The Labute approximate surface area is 100 Å². The van der Waals surface area contributed by atoms with E-state index in [2.05, 4.69) is 12.2 Å². The molecule has 0 heterocycles. The second-order valence-corrected chi connectivity index (χ2v) is 6.37. The van der Waals surface area contributed by atoms with Crippen molar-refractivity contribution in [2.24, 2.45) is 23.7 Å². The fourth-order valence-corrected chi connectivity index (χ4v) is 4.16. The Hall–Kier alpha value is -0.0400. The van der Waals surface area contributed by atoms with Crippen molar-refractivity contribution in [2.45, 2.75) is 64.3 Å². The summed E-state index contributed by atoms with van der Waals surface area (Å²) in [4.78, 5) is 0. The summed E-state index contributed by atoms with van der Waals surface area (Å²) in [5.41, 5.74) is 0. The first-order valence-electron chi connectivity index (χ1n) is 7.63. The van der Waals surface area contributed by atoms with Crippen molar-refractivity contribution in [3.63, 3.8) is 0 Å². The molecule has 0 aromatic carbocycles. The van der Waals surface area contributed by atoms with Crippen LogP contribution in [0.25, 0.3) is 0 Å². The second kappa shape index (κ2) is 4.68. The van der Waals surface area contributed by atoms with E-state index in [1.54, 1.807) is 12.8 Å². The molecule has 3 rings (SSSR count). The maximum Gasteiger partial charge on any atom is 0.0101 e. The first-order chi connectivity index (χ1) is 7.90. The highest BCUT2D eigenvalue weighted by Crippen LogP contribution is 2.57. The zero-order chi connectivity index (χ0) is 11.0. The molecule has 1 N–H and O–H groups in total. The SMILES string of the molecule is CCNC(CCC1CC1)C1C2CCCCC21. The average Bonchev–Trinajstić information content (AvgIpc) is 3.19. The number of hydrogen-bond donors (Lipinski definition) is 1. The summed E-state index contributed by atoms with van der Waals surface area (Å²) in [6.45, 7) is 3.45. The molecule has 3 unspecified atom stereocenters. The predicted octanol–water partition coefficient (Wildman–Crippen LogP) is 3.59. The maximum absolute atomic E-state index is 3.78. The number of rotatable bonds is 6. The standard InChI is InChI=1S/C15H27N/c1-2-16-14(10-9-11-7-8-11)15-12-5-3-4-6-13(12)15/h11-16H,2-10H2,1H3. The summed E-state index contributed by atoms with van der Waals surface area (Å²) in [6.07, 6.45) is 12.1. The molecular weight excluding hydrogens is 194 g/mol. The lowest BCUT2D eigenvalue weighted by Crippen LogP contribution is -2.32.